The van der Waals surface area contributed by atoms with E-state index in [1.807, 2.05) is 19.1 Å². The van der Waals surface area contributed by atoms with E-state index < -0.39 is 0 Å². The summed E-state index contributed by atoms with van der Waals surface area (Å²) in [5.41, 5.74) is 2.93. The topological polar surface area (TPSA) is 66.9 Å². The van der Waals surface area contributed by atoms with Crippen molar-refractivity contribution in [2.75, 3.05) is 46.4 Å². The number of benzene rings is 2. The van der Waals surface area contributed by atoms with Crippen LogP contribution < -0.4 is 14.8 Å². The number of rotatable bonds is 11. The number of amides is 1. The second-order valence-electron chi connectivity index (χ2n) is 9.07. The van der Waals surface area contributed by atoms with Gasteiger partial charge < -0.3 is 19.7 Å². The van der Waals surface area contributed by atoms with Crippen molar-refractivity contribution in [1.29, 1.82) is 0 Å². The summed E-state index contributed by atoms with van der Waals surface area (Å²) in [6.45, 7) is 7.49. The smallest absolute Gasteiger partial charge is 0.251 e. The molecule has 1 aliphatic rings. The third-order valence-corrected chi connectivity index (χ3v) is 6.44. The van der Waals surface area contributed by atoms with Crippen LogP contribution >= 0.6 is 0 Å². The molecule has 190 valence electrons. The molecule has 1 fully saturated rings. The van der Waals surface area contributed by atoms with E-state index in [1.165, 1.54) is 5.56 Å². The summed E-state index contributed by atoms with van der Waals surface area (Å²) in [4.78, 5) is 21.8. The van der Waals surface area contributed by atoms with Crippen molar-refractivity contribution < 1.29 is 14.3 Å². The summed E-state index contributed by atoms with van der Waals surface area (Å²) < 4.78 is 11.7. The molecule has 0 radical (unpaired) electrons. The van der Waals surface area contributed by atoms with Crippen molar-refractivity contribution in [2.45, 2.75) is 26.0 Å². The number of nitrogens with zero attached hydrogens (tertiary/aromatic N) is 3. The van der Waals surface area contributed by atoms with Crippen LogP contribution in [0.4, 0.5) is 0 Å². The van der Waals surface area contributed by atoms with Gasteiger partial charge in [0.15, 0.2) is 11.5 Å². The second-order valence-corrected chi connectivity index (χ2v) is 9.07. The van der Waals surface area contributed by atoms with Crippen molar-refractivity contribution in [3.8, 4) is 11.5 Å². The lowest BCUT2D eigenvalue weighted by molar-refractivity contribution is 0.0865. The summed E-state index contributed by atoms with van der Waals surface area (Å²) in [6.07, 6.45) is 4.37. The quantitative estimate of drug-likeness (QED) is 0.409. The van der Waals surface area contributed by atoms with Gasteiger partial charge in [0.1, 0.15) is 6.61 Å². The summed E-state index contributed by atoms with van der Waals surface area (Å²) in [5, 5.41) is 3.07. The molecular formula is C29H36N4O3. The summed E-state index contributed by atoms with van der Waals surface area (Å²) in [5.74, 6) is 1.09. The molecular weight excluding hydrogens is 452 g/mol. The maximum Gasteiger partial charge on any atom is 0.251 e. The van der Waals surface area contributed by atoms with Gasteiger partial charge in [-0.25, -0.2) is 0 Å². The lowest BCUT2D eigenvalue weighted by atomic mass is 10.0. The Hall–Kier alpha value is -3.42. The molecule has 1 atom stereocenters. The lowest BCUT2D eigenvalue weighted by Gasteiger charge is -2.40. The van der Waals surface area contributed by atoms with Gasteiger partial charge in [-0.05, 0) is 61.9 Å². The van der Waals surface area contributed by atoms with Gasteiger partial charge in [0.2, 0.25) is 0 Å². The minimum atomic E-state index is -0.102. The normalized spacial score (nSPS) is 16.4. The molecule has 1 aromatic heterocycles. The first kappa shape index (κ1) is 25.7. The van der Waals surface area contributed by atoms with Gasteiger partial charge in [0, 0.05) is 56.7 Å². The molecule has 0 aliphatic carbocycles. The van der Waals surface area contributed by atoms with Crippen LogP contribution in [0.1, 0.15) is 40.9 Å². The van der Waals surface area contributed by atoms with Gasteiger partial charge in [-0.3, -0.25) is 14.7 Å². The van der Waals surface area contributed by atoms with Gasteiger partial charge >= 0.3 is 0 Å². The lowest BCUT2D eigenvalue weighted by Crippen LogP contribution is -2.47. The first-order valence-electron chi connectivity index (χ1n) is 12.7. The average Bonchev–Trinajstić information content (AvgIpc) is 2.92. The predicted octanol–water partition coefficient (Wildman–Crippen LogP) is 4.17. The molecule has 0 spiro atoms. The standard InChI is InChI=1S/C29H36N4O3/c1-3-35-28-20-25(10-11-27(28)36-22-23-12-15-30-16-13-23)29(34)31-14-7-17-33-19-18-32(2)21-26(33)24-8-5-4-6-9-24/h4-6,8-13,15-16,20,26H,3,7,14,17-19,21-22H2,1-2H3,(H,31,34). The van der Waals surface area contributed by atoms with Gasteiger partial charge in [-0.1, -0.05) is 30.3 Å². The van der Waals surface area contributed by atoms with Crippen molar-refractivity contribution in [3.05, 3.63) is 89.7 Å². The molecule has 1 aliphatic heterocycles. The Balaban J connectivity index is 1.30. The first-order chi connectivity index (χ1) is 17.6. The number of piperazine rings is 1. The van der Waals surface area contributed by atoms with Crippen LogP contribution in [0.15, 0.2) is 73.1 Å². The molecule has 3 aromatic rings. The Morgan fingerprint density at radius 2 is 1.83 bits per heavy atom. The van der Waals surface area contributed by atoms with Crippen LogP contribution in [0, 0.1) is 0 Å². The van der Waals surface area contributed by atoms with E-state index in [-0.39, 0.29) is 5.91 Å². The zero-order valence-corrected chi connectivity index (χ0v) is 21.2. The molecule has 36 heavy (non-hydrogen) atoms. The van der Waals surface area contributed by atoms with E-state index in [2.05, 4.69) is 57.5 Å². The van der Waals surface area contributed by atoms with Crippen molar-refractivity contribution in [3.63, 3.8) is 0 Å². The van der Waals surface area contributed by atoms with Gasteiger partial charge in [-0.2, -0.15) is 0 Å². The average molecular weight is 489 g/mol. The van der Waals surface area contributed by atoms with Crippen molar-refractivity contribution >= 4 is 5.91 Å². The van der Waals surface area contributed by atoms with E-state index in [0.717, 1.165) is 38.2 Å². The molecule has 2 heterocycles. The van der Waals surface area contributed by atoms with Crippen LogP contribution in [0.5, 0.6) is 11.5 Å². The third-order valence-electron chi connectivity index (χ3n) is 6.44. The minimum absolute atomic E-state index is 0.102. The summed E-state index contributed by atoms with van der Waals surface area (Å²) >= 11 is 0. The minimum Gasteiger partial charge on any atom is -0.490 e. The second kappa shape index (κ2) is 13.0. The summed E-state index contributed by atoms with van der Waals surface area (Å²) in [7, 11) is 2.18. The van der Waals surface area contributed by atoms with Crippen LogP contribution in [0.3, 0.4) is 0 Å². The molecule has 2 aromatic carbocycles. The van der Waals surface area contributed by atoms with E-state index in [9.17, 15) is 4.79 Å². The SMILES string of the molecule is CCOc1cc(C(=O)NCCCN2CCN(C)CC2c2ccccc2)ccc1OCc1ccncc1. The molecule has 1 amide bonds. The number of aromatic nitrogens is 1. The number of likely N-dealkylation sites (N-methyl/N-ethyl adjacent to an activating group) is 1. The highest BCUT2D eigenvalue weighted by Crippen LogP contribution is 2.29. The Morgan fingerprint density at radius 1 is 1.03 bits per heavy atom. The first-order valence-corrected chi connectivity index (χ1v) is 12.7. The predicted molar refractivity (Wildman–Crippen MR) is 141 cm³/mol. The molecule has 1 N–H and O–H groups in total. The number of pyridine rings is 1. The molecule has 7 nitrogen and oxygen atoms in total. The monoisotopic (exact) mass is 488 g/mol. The van der Waals surface area contributed by atoms with Crippen LogP contribution in [0.2, 0.25) is 0 Å². The fourth-order valence-corrected chi connectivity index (χ4v) is 4.48. The Bertz CT molecular complexity index is 1090. The van der Waals surface area contributed by atoms with E-state index >= 15 is 0 Å². The number of hydrogen-bond donors (Lipinski definition) is 1. The highest BCUT2D eigenvalue weighted by Gasteiger charge is 2.26. The third kappa shape index (κ3) is 7.06. The number of nitrogens with one attached hydrogen (secondary N) is 1. The van der Waals surface area contributed by atoms with Crippen LogP contribution in [0.25, 0.3) is 0 Å². The van der Waals surface area contributed by atoms with Crippen LogP contribution in [-0.2, 0) is 6.61 Å². The zero-order chi connectivity index (χ0) is 25.2. The van der Waals surface area contributed by atoms with Gasteiger partial charge in [0.25, 0.3) is 5.91 Å². The largest absolute Gasteiger partial charge is 0.490 e. The number of carbonyl (C=O) groups is 1. The maximum atomic E-state index is 12.8. The Morgan fingerprint density at radius 3 is 2.61 bits per heavy atom. The highest BCUT2D eigenvalue weighted by atomic mass is 16.5. The molecule has 1 unspecified atom stereocenters. The molecule has 4 rings (SSSR count). The maximum absolute atomic E-state index is 12.8. The molecule has 7 heteroatoms. The van der Waals surface area contributed by atoms with E-state index in [0.29, 0.717) is 42.9 Å². The van der Waals surface area contributed by atoms with Crippen molar-refractivity contribution in [1.82, 2.24) is 20.1 Å². The highest BCUT2D eigenvalue weighted by molar-refractivity contribution is 5.94. The number of carbonyl (C=O) groups excluding carboxylic acids is 1. The molecule has 0 bridgehead atoms. The van der Waals surface area contributed by atoms with E-state index in [4.69, 9.17) is 9.47 Å². The molecule has 1 saturated heterocycles. The van der Waals surface area contributed by atoms with E-state index in [1.54, 1.807) is 30.6 Å². The Kier molecular flexibility index (Phi) is 9.30. The summed E-state index contributed by atoms with van der Waals surface area (Å²) in [6, 6.07) is 20.2. The zero-order valence-electron chi connectivity index (χ0n) is 21.2. The molecule has 0 saturated carbocycles. The van der Waals surface area contributed by atoms with Crippen LogP contribution in [-0.4, -0.2) is 67.1 Å². The van der Waals surface area contributed by atoms with Crippen molar-refractivity contribution in [2.24, 2.45) is 0 Å². The Labute approximate surface area is 214 Å². The fraction of sp³-hybridized carbons (Fsp3) is 0.379. The fourth-order valence-electron chi connectivity index (χ4n) is 4.48. The van der Waals surface area contributed by atoms with Gasteiger partial charge in [0.05, 0.1) is 6.61 Å². The van der Waals surface area contributed by atoms with Gasteiger partial charge in [-0.15, -0.1) is 0 Å². The number of hydrogen-bond acceptors (Lipinski definition) is 6. The number of ether oxygens (including phenoxy) is 2.